The Morgan fingerprint density at radius 1 is 0.828 bits per heavy atom. The van der Waals surface area contributed by atoms with Crippen LogP contribution in [0, 0.1) is 39.9 Å². The molecule has 0 aromatic heterocycles. The molecular formula is C45H43ClN6O6. The number of fused-ring (bicyclic) bond motifs is 2. The minimum atomic E-state index is -0.969. The first kappa shape index (κ1) is 37.9. The van der Waals surface area contributed by atoms with E-state index in [0.29, 0.717) is 40.0 Å². The maximum atomic E-state index is 13.8. The molecule has 5 amide bonds. The van der Waals surface area contributed by atoms with Crippen LogP contribution in [0.1, 0.15) is 88.3 Å². The third-order valence-corrected chi connectivity index (χ3v) is 13.5. The van der Waals surface area contributed by atoms with Crippen molar-refractivity contribution in [3.63, 3.8) is 0 Å². The molecular weight excluding hydrogens is 756 g/mol. The average molecular weight is 799 g/mol. The largest absolute Gasteiger partial charge is 0.489 e. The standard InChI is InChI=1S/C45H43ClN6O6/c1-44(2)42(45(3,4)43(44)58-31-11-9-27(19-47)35(46)18-31)51-22-28-16-25(8-12-32(28)38(51)54)6-7-26-20-49(21-26)30-23-50(24-30)29-10-13-33-34(17-29)40(56)52(39(33)55)36-14-15-37(53)48(5)41(36)57/h8-13,16-18,26,30,36,42-43H,14-15,20-24H2,1-5H3. The summed E-state index contributed by atoms with van der Waals surface area (Å²) in [5, 5.41) is 9.60. The molecule has 4 fully saturated rings. The smallest absolute Gasteiger partial charge is 0.262 e. The number of nitrogens with zero attached hydrogens (tertiary/aromatic N) is 6. The Labute approximate surface area is 342 Å². The number of rotatable bonds is 6. The SMILES string of the molecule is CN1C(=O)CCC(N2C(=O)c3ccc(N4CC(N5CC(C#Cc6ccc7c(c6)CN(C6C(C)(C)C(Oc8ccc(C#N)c(Cl)c8)C6(C)C)C7=O)C5)C4)cc3C2=O)C1=O. The van der Waals surface area contributed by atoms with Gasteiger partial charge in [-0.1, -0.05) is 51.1 Å². The summed E-state index contributed by atoms with van der Waals surface area (Å²) in [5.41, 5.74) is 3.73. The van der Waals surface area contributed by atoms with Crippen LogP contribution in [-0.2, 0) is 16.1 Å². The van der Waals surface area contributed by atoms with Crippen LogP contribution in [0.15, 0.2) is 54.6 Å². The van der Waals surface area contributed by atoms with Crippen LogP contribution in [0.5, 0.6) is 5.75 Å². The van der Waals surface area contributed by atoms with Gasteiger partial charge in [0, 0.05) is 97.9 Å². The lowest BCUT2D eigenvalue weighted by Gasteiger charge is -2.65. The quantitative estimate of drug-likeness (QED) is 0.251. The Bertz CT molecular complexity index is 2430. The summed E-state index contributed by atoms with van der Waals surface area (Å²) in [6.45, 7) is 12.4. The monoisotopic (exact) mass is 798 g/mol. The number of amides is 5. The van der Waals surface area contributed by atoms with Gasteiger partial charge in [-0.2, -0.15) is 5.26 Å². The number of hydrogen-bond acceptors (Lipinski definition) is 9. The van der Waals surface area contributed by atoms with Gasteiger partial charge in [-0.05, 0) is 60.5 Å². The highest BCUT2D eigenvalue weighted by Crippen LogP contribution is 2.59. The first-order chi connectivity index (χ1) is 27.6. The number of imide groups is 2. The van der Waals surface area contributed by atoms with Gasteiger partial charge in [-0.15, -0.1) is 0 Å². The van der Waals surface area contributed by atoms with Crippen LogP contribution in [0.3, 0.4) is 0 Å². The molecule has 1 unspecified atom stereocenters. The number of halogens is 1. The van der Waals surface area contributed by atoms with E-state index in [9.17, 15) is 29.2 Å². The maximum absolute atomic E-state index is 13.8. The highest BCUT2D eigenvalue weighted by Gasteiger charge is 2.67. The fraction of sp³-hybridized carbons (Fsp3) is 0.422. The summed E-state index contributed by atoms with van der Waals surface area (Å²) < 4.78 is 6.47. The molecule has 3 saturated heterocycles. The van der Waals surface area contributed by atoms with Gasteiger partial charge in [0.1, 0.15) is 24.0 Å². The van der Waals surface area contributed by atoms with Gasteiger partial charge >= 0.3 is 0 Å². The molecule has 1 aliphatic carbocycles. The van der Waals surface area contributed by atoms with Crippen LogP contribution in [-0.4, -0.2) is 107 Å². The summed E-state index contributed by atoms with van der Waals surface area (Å²) in [4.78, 5) is 73.7. The number of likely N-dealkylation sites (N-methyl/N-ethyl adjacent to an activating group) is 1. The zero-order valence-electron chi connectivity index (χ0n) is 33.0. The Morgan fingerprint density at radius 3 is 2.24 bits per heavy atom. The molecule has 13 heteroatoms. The van der Waals surface area contributed by atoms with Gasteiger partial charge in [-0.25, -0.2) is 0 Å². The molecule has 0 N–H and O–H groups in total. The number of carbonyl (C=O) groups excluding carboxylic acids is 5. The number of piperidine rings is 1. The molecule has 12 nitrogen and oxygen atoms in total. The van der Waals surface area contributed by atoms with Crippen molar-refractivity contribution in [3.05, 3.63) is 93.0 Å². The maximum Gasteiger partial charge on any atom is 0.262 e. The number of hydrogen-bond donors (Lipinski definition) is 0. The van der Waals surface area contributed by atoms with Crippen LogP contribution in [0.2, 0.25) is 5.02 Å². The van der Waals surface area contributed by atoms with E-state index < -0.39 is 23.8 Å². The van der Waals surface area contributed by atoms with Gasteiger partial charge in [0.15, 0.2) is 0 Å². The van der Waals surface area contributed by atoms with Crippen molar-refractivity contribution in [1.29, 1.82) is 5.26 Å². The van der Waals surface area contributed by atoms with Gasteiger partial charge in [0.25, 0.3) is 23.6 Å². The van der Waals surface area contributed by atoms with E-state index in [1.54, 1.807) is 30.3 Å². The molecule has 3 aromatic rings. The van der Waals surface area contributed by atoms with E-state index in [-0.39, 0.29) is 59.1 Å². The van der Waals surface area contributed by atoms with Crippen LogP contribution >= 0.6 is 11.6 Å². The lowest BCUT2D eigenvalue weighted by Crippen LogP contribution is -2.74. The van der Waals surface area contributed by atoms with E-state index in [1.807, 2.05) is 29.2 Å². The van der Waals surface area contributed by atoms with Gasteiger partial charge in [0.2, 0.25) is 5.91 Å². The number of benzene rings is 3. The van der Waals surface area contributed by atoms with E-state index in [1.165, 1.54) is 7.05 Å². The zero-order valence-corrected chi connectivity index (χ0v) is 33.8. The number of carbonyl (C=O) groups is 5. The van der Waals surface area contributed by atoms with E-state index in [4.69, 9.17) is 16.3 Å². The topological polar surface area (TPSA) is 135 Å². The van der Waals surface area contributed by atoms with Crippen molar-refractivity contribution in [2.75, 3.05) is 38.1 Å². The molecule has 0 spiro atoms. The zero-order chi connectivity index (χ0) is 41.0. The third-order valence-electron chi connectivity index (χ3n) is 13.2. The number of ether oxygens (including phenoxy) is 1. The highest BCUT2D eigenvalue weighted by atomic mass is 35.5. The molecule has 3 aromatic carbocycles. The minimum Gasteiger partial charge on any atom is -0.489 e. The minimum absolute atomic E-state index is 0.0226. The van der Waals surface area contributed by atoms with Crippen LogP contribution in [0.25, 0.3) is 0 Å². The molecule has 58 heavy (non-hydrogen) atoms. The second-order valence-corrected chi connectivity index (χ2v) is 18.0. The normalized spacial score (nSPS) is 25.1. The fourth-order valence-electron chi connectivity index (χ4n) is 10.5. The summed E-state index contributed by atoms with van der Waals surface area (Å²) in [5.74, 6) is 5.85. The number of anilines is 1. The molecule has 0 bridgehead atoms. The highest BCUT2D eigenvalue weighted by molar-refractivity contribution is 6.31. The summed E-state index contributed by atoms with van der Waals surface area (Å²) >= 11 is 6.28. The van der Waals surface area contributed by atoms with E-state index in [2.05, 4.69) is 55.4 Å². The molecule has 9 rings (SSSR count). The average Bonchev–Trinajstić information content (AvgIpc) is 3.59. The summed E-state index contributed by atoms with van der Waals surface area (Å²) in [6.07, 6.45) is 0.0622. The van der Waals surface area contributed by atoms with Crippen molar-refractivity contribution in [2.24, 2.45) is 16.7 Å². The Balaban J connectivity index is 0.783. The second-order valence-electron chi connectivity index (χ2n) is 17.6. The molecule has 5 heterocycles. The van der Waals surface area contributed by atoms with Gasteiger partial charge in [-0.3, -0.25) is 38.7 Å². The molecule has 6 aliphatic rings. The lowest BCUT2D eigenvalue weighted by molar-refractivity contribution is -0.199. The number of likely N-dealkylation sites (tertiary alicyclic amines) is 2. The molecule has 1 atom stereocenters. The first-order valence-corrected chi connectivity index (χ1v) is 20.1. The van der Waals surface area contributed by atoms with Crippen molar-refractivity contribution in [2.45, 2.75) is 71.3 Å². The van der Waals surface area contributed by atoms with Gasteiger partial charge in [0.05, 0.1) is 21.7 Å². The Hall–Kier alpha value is -5.69. The van der Waals surface area contributed by atoms with Crippen molar-refractivity contribution >= 4 is 46.8 Å². The molecule has 296 valence electrons. The van der Waals surface area contributed by atoms with E-state index >= 15 is 0 Å². The lowest BCUT2D eigenvalue weighted by atomic mass is 9.49. The van der Waals surface area contributed by atoms with Crippen molar-refractivity contribution < 1.29 is 28.7 Å². The van der Waals surface area contributed by atoms with Gasteiger partial charge < -0.3 is 14.5 Å². The first-order valence-electron chi connectivity index (χ1n) is 19.7. The third kappa shape index (κ3) is 5.79. The summed E-state index contributed by atoms with van der Waals surface area (Å²) in [7, 11) is 1.38. The van der Waals surface area contributed by atoms with E-state index in [0.717, 1.165) is 52.8 Å². The molecule has 0 radical (unpaired) electrons. The van der Waals surface area contributed by atoms with Crippen LogP contribution < -0.4 is 9.64 Å². The Morgan fingerprint density at radius 2 is 1.53 bits per heavy atom. The fourth-order valence-corrected chi connectivity index (χ4v) is 10.7. The molecule has 1 saturated carbocycles. The summed E-state index contributed by atoms with van der Waals surface area (Å²) in [6, 6.07) is 17.7. The van der Waals surface area contributed by atoms with Crippen molar-refractivity contribution in [3.8, 4) is 23.7 Å². The van der Waals surface area contributed by atoms with Crippen LogP contribution in [0.4, 0.5) is 5.69 Å². The second kappa shape index (κ2) is 13.4. The predicted molar refractivity (Wildman–Crippen MR) is 214 cm³/mol. The Kier molecular flexibility index (Phi) is 8.77. The number of nitriles is 1. The predicted octanol–water partition coefficient (Wildman–Crippen LogP) is 4.97. The van der Waals surface area contributed by atoms with Crippen molar-refractivity contribution in [1.82, 2.24) is 19.6 Å². The molecule has 5 aliphatic heterocycles.